The maximum absolute atomic E-state index is 9.84. The van der Waals surface area contributed by atoms with Gasteiger partial charge in [-0.25, -0.2) is 0 Å². The number of aliphatic hydroxyl groups is 1. The first-order chi connectivity index (χ1) is 7.00. The molecule has 0 spiro atoms. The number of hydrogen-bond donors (Lipinski definition) is 2. The highest BCUT2D eigenvalue weighted by molar-refractivity contribution is 4.90. The van der Waals surface area contributed by atoms with Gasteiger partial charge in [-0.15, -0.1) is 0 Å². The minimum Gasteiger partial charge on any atom is -0.391 e. The Bertz CT molecular complexity index is 205. The third kappa shape index (κ3) is 4.80. The van der Waals surface area contributed by atoms with Gasteiger partial charge in [0.05, 0.1) is 6.10 Å². The summed E-state index contributed by atoms with van der Waals surface area (Å²) in [5.74, 6) is 0.766. The van der Waals surface area contributed by atoms with Crippen molar-refractivity contribution in [1.29, 1.82) is 0 Å². The lowest BCUT2D eigenvalue weighted by molar-refractivity contribution is 0.0621. The fraction of sp³-hybridized carbons (Fsp3) is 0.846. The second-order valence-electron chi connectivity index (χ2n) is 5.69. The second-order valence-corrected chi connectivity index (χ2v) is 5.69. The molecule has 0 radical (unpaired) electrons. The van der Waals surface area contributed by atoms with Crippen molar-refractivity contribution in [3.63, 3.8) is 0 Å². The summed E-state index contributed by atoms with van der Waals surface area (Å²) in [6.45, 7) is 7.97. The Morgan fingerprint density at radius 3 is 2.67 bits per heavy atom. The van der Waals surface area contributed by atoms with Crippen molar-refractivity contribution < 1.29 is 5.11 Å². The lowest BCUT2D eigenvalue weighted by Gasteiger charge is -2.27. The molecule has 0 bridgehead atoms. The number of allylic oxidation sites excluding steroid dienone is 2. The topological polar surface area (TPSA) is 32.3 Å². The van der Waals surface area contributed by atoms with E-state index in [2.05, 4.69) is 38.2 Å². The Labute approximate surface area is 93.8 Å². The molecule has 1 aliphatic rings. The Morgan fingerprint density at radius 2 is 2.13 bits per heavy atom. The molecule has 0 aliphatic heterocycles. The molecule has 0 unspecified atom stereocenters. The van der Waals surface area contributed by atoms with Crippen molar-refractivity contribution >= 4 is 0 Å². The Morgan fingerprint density at radius 1 is 1.40 bits per heavy atom. The van der Waals surface area contributed by atoms with Crippen LogP contribution in [0.2, 0.25) is 0 Å². The van der Waals surface area contributed by atoms with E-state index in [4.69, 9.17) is 0 Å². The van der Waals surface area contributed by atoms with E-state index < -0.39 is 0 Å². The van der Waals surface area contributed by atoms with E-state index >= 15 is 0 Å². The van der Waals surface area contributed by atoms with E-state index in [1.807, 2.05) is 0 Å². The maximum atomic E-state index is 9.84. The van der Waals surface area contributed by atoms with E-state index in [0.29, 0.717) is 6.54 Å². The van der Waals surface area contributed by atoms with Crippen LogP contribution in [-0.4, -0.2) is 24.3 Å². The summed E-state index contributed by atoms with van der Waals surface area (Å²) >= 11 is 0. The lowest BCUT2D eigenvalue weighted by Crippen LogP contribution is -2.38. The zero-order valence-corrected chi connectivity index (χ0v) is 10.3. The van der Waals surface area contributed by atoms with Crippen LogP contribution in [0.1, 0.15) is 40.0 Å². The minimum absolute atomic E-state index is 0.0144. The van der Waals surface area contributed by atoms with Gasteiger partial charge in [-0.2, -0.15) is 0 Å². The Hall–Kier alpha value is -0.340. The van der Waals surface area contributed by atoms with Gasteiger partial charge in [-0.3, -0.25) is 0 Å². The van der Waals surface area contributed by atoms with Crippen LogP contribution in [-0.2, 0) is 0 Å². The molecule has 0 fully saturated rings. The maximum Gasteiger partial charge on any atom is 0.0712 e. The molecule has 2 heteroatoms. The monoisotopic (exact) mass is 211 g/mol. The molecule has 0 aromatic heterocycles. The fourth-order valence-corrected chi connectivity index (χ4v) is 1.77. The first kappa shape index (κ1) is 12.7. The highest BCUT2D eigenvalue weighted by Gasteiger charge is 2.21. The largest absolute Gasteiger partial charge is 0.391 e. The van der Waals surface area contributed by atoms with Gasteiger partial charge < -0.3 is 10.4 Å². The van der Waals surface area contributed by atoms with Crippen molar-refractivity contribution in [2.24, 2.45) is 11.3 Å². The smallest absolute Gasteiger partial charge is 0.0712 e. The van der Waals surface area contributed by atoms with Crippen LogP contribution in [0.25, 0.3) is 0 Å². The third-order valence-corrected chi connectivity index (χ3v) is 3.15. The van der Waals surface area contributed by atoms with Gasteiger partial charge in [0.25, 0.3) is 0 Å². The van der Waals surface area contributed by atoms with Gasteiger partial charge in [-0.1, -0.05) is 32.9 Å². The zero-order valence-electron chi connectivity index (χ0n) is 10.3. The first-order valence-electron chi connectivity index (χ1n) is 6.04. The average molecular weight is 211 g/mol. The molecule has 2 N–H and O–H groups in total. The highest BCUT2D eigenvalue weighted by Crippen LogP contribution is 2.19. The van der Waals surface area contributed by atoms with Crippen LogP contribution < -0.4 is 5.32 Å². The molecule has 0 aromatic carbocycles. The van der Waals surface area contributed by atoms with Crippen molar-refractivity contribution in [3.05, 3.63) is 12.2 Å². The van der Waals surface area contributed by atoms with Gasteiger partial charge in [0.1, 0.15) is 0 Å². The molecule has 0 saturated carbocycles. The van der Waals surface area contributed by atoms with E-state index in [0.717, 1.165) is 12.5 Å². The minimum atomic E-state index is -0.253. The van der Waals surface area contributed by atoms with Crippen LogP contribution in [0.5, 0.6) is 0 Å². The van der Waals surface area contributed by atoms with E-state index in [1.54, 1.807) is 0 Å². The molecular formula is C13H25NO. The summed E-state index contributed by atoms with van der Waals surface area (Å²) in [6, 6.07) is 0. The van der Waals surface area contributed by atoms with Gasteiger partial charge in [0.2, 0.25) is 0 Å². The van der Waals surface area contributed by atoms with Crippen molar-refractivity contribution in [3.8, 4) is 0 Å². The molecule has 15 heavy (non-hydrogen) atoms. The van der Waals surface area contributed by atoms with Crippen molar-refractivity contribution in [2.75, 3.05) is 13.1 Å². The zero-order chi connectivity index (χ0) is 11.3. The van der Waals surface area contributed by atoms with Gasteiger partial charge in [0.15, 0.2) is 0 Å². The summed E-state index contributed by atoms with van der Waals surface area (Å²) in [5.41, 5.74) is -0.0144. The molecule has 1 rings (SSSR count). The molecule has 1 aliphatic carbocycles. The predicted octanol–water partition coefficient (Wildman–Crippen LogP) is 2.34. The second kappa shape index (κ2) is 5.66. The highest BCUT2D eigenvalue weighted by atomic mass is 16.3. The molecule has 0 amide bonds. The molecule has 2 atom stereocenters. The number of rotatable bonds is 4. The number of nitrogens with one attached hydrogen (secondary N) is 1. The summed E-state index contributed by atoms with van der Waals surface area (Å²) in [5, 5.41) is 13.2. The standard InChI is InChI=1S/C13H25NO/c1-13(2,3)12(15)10-14-9-11-7-5-4-6-8-11/h4-5,11-12,14-15H,6-10H2,1-3H3/t11-,12+/m0/s1. The summed E-state index contributed by atoms with van der Waals surface area (Å²) in [7, 11) is 0. The SMILES string of the molecule is CC(C)(C)[C@H](O)CNC[C@H]1CC=CCC1. The molecular weight excluding hydrogens is 186 g/mol. The molecule has 2 nitrogen and oxygen atoms in total. The van der Waals surface area contributed by atoms with Crippen LogP contribution in [0.3, 0.4) is 0 Å². The average Bonchev–Trinajstić information content (AvgIpc) is 2.18. The molecule has 0 aromatic rings. The van der Waals surface area contributed by atoms with Crippen LogP contribution in [0, 0.1) is 11.3 Å². The van der Waals surface area contributed by atoms with Crippen molar-refractivity contribution in [1.82, 2.24) is 5.32 Å². The lowest BCUT2D eigenvalue weighted by atomic mass is 9.89. The van der Waals surface area contributed by atoms with E-state index in [-0.39, 0.29) is 11.5 Å². The predicted molar refractivity (Wildman–Crippen MR) is 64.8 cm³/mol. The quantitative estimate of drug-likeness (QED) is 0.700. The summed E-state index contributed by atoms with van der Waals surface area (Å²) < 4.78 is 0. The fourth-order valence-electron chi connectivity index (χ4n) is 1.77. The summed E-state index contributed by atoms with van der Waals surface area (Å²) in [4.78, 5) is 0. The number of aliphatic hydroxyl groups excluding tert-OH is 1. The molecule has 88 valence electrons. The van der Waals surface area contributed by atoms with E-state index in [9.17, 15) is 5.11 Å². The third-order valence-electron chi connectivity index (χ3n) is 3.15. The normalized spacial score (nSPS) is 24.1. The molecule has 0 saturated heterocycles. The molecule has 0 heterocycles. The van der Waals surface area contributed by atoms with E-state index in [1.165, 1.54) is 19.3 Å². The van der Waals surface area contributed by atoms with Crippen LogP contribution in [0.15, 0.2) is 12.2 Å². The Balaban J connectivity index is 2.13. The number of hydrogen-bond acceptors (Lipinski definition) is 2. The summed E-state index contributed by atoms with van der Waals surface area (Å²) in [6.07, 6.45) is 7.98. The first-order valence-corrected chi connectivity index (χ1v) is 6.04. The van der Waals surface area contributed by atoms with Gasteiger partial charge in [-0.05, 0) is 37.1 Å². The van der Waals surface area contributed by atoms with Gasteiger partial charge >= 0.3 is 0 Å². The van der Waals surface area contributed by atoms with Crippen LogP contribution in [0.4, 0.5) is 0 Å². The van der Waals surface area contributed by atoms with Gasteiger partial charge in [0, 0.05) is 6.54 Å². The Kier molecular flexibility index (Phi) is 4.81. The van der Waals surface area contributed by atoms with Crippen molar-refractivity contribution in [2.45, 2.75) is 46.1 Å². The van der Waals surface area contributed by atoms with Crippen LogP contribution >= 0.6 is 0 Å².